The average Bonchev–Trinajstić information content (AvgIpc) is 3.40. The minimum atomic E-state index is -0.151. The summed E-state index contributed by atoms with van der Waals surface area (Å²) in [6, 6.07) is 35.8. The Morgan fingerprint density at radius 3 is 1.86 bits per heavy atom. The van der Waals surface area contributed by atoms with Gasteiger partial charge in [-0.1, -0.05) is 78.9 Å². The Bertz CT molecular complexity index is 1610. The van der Waals surface area contributed by atoms with E-state index in [0.29, 0.717) is 31.0 Å². The molecule has 1 aliphatic rings. The number of hydrogen-bond donors (Lipinski definition) is 0. The van der Waals surface area contributed by atoms with Crippen LogP contribution in [0, 0.1) is 0 Å². The third-order valence-corrected chi connectivity index (χ3v) is 8.72. The predicted octanol–water partition coefficient (Wildman–Crippen LogP) is 6.65. The summed E-state index contributed by atoms with van der Waals surface area (Å²) in [6.07, 6.45) is 2.53. The van der Waals surface area contributed by atoms with Crippen molar-refractivity contribution in [1.29, 1.82) is 0 Å². The normalized spacial score (nSPS) is 14.7. The number of para-hydroxylation sites is 1. The Morgan fingerprint density at radius 1 is 0.721 bits per heavy atom. The average molecular weight is 574 g/mol. The zero-order valence-electron chi connectivity index (χ0n) is 25.1. The molecule has 0 saturated carbocycles. The smallest absolute Gasteiger partial charge is 0.223 e. The molecule has 1 fully saturated rings. The van der Waals surface area contributed by atoms with E-state index in [1.807, 2.05) is 23.1 Å². The lowest BCUT2D eigenvalue weighted by Gasteiger charge is -2.40. The van der Waals surface area contributed by atoms with Crippen molar-refractivity contribution in [3.8, 4) is 11.5 Å². The number of nitrogens with zero attached hydrogens (tertiary/aromatic N) is 3. The van der Waals surface area contributed by atoms with Gasteiger partial charge in [0.15, 0.2) is 0 Å². The molecule has 1 unspecified atom stereocenters. The van der Waals surface area contributed by atoms with E-state index < -0.39 is 0 Å². The van der Waals surface area contributed by atoms with E-state index in [2.05, 4.69) is 108 Å². The molecule has 0 radical (unpaired) electrons. The molecule has 43 heavy (non-hydrogen) atoms. The number of amides is 1. The fourth-order valence-corrected chi connectivity index (χ4v) is 6.51. The van der Waals surface area contributed by atoms with Crippen LogP contribution >= 0.6 is 0 Å². The van der Waals surface area contributed by atoms with Gasteiger partial charge in [-0.3, -0.25) is 9.69 Å². The zero-order chi connectivity index (χ0) is 29.8. The van der Waals surface area contributed by atoms with E-state index in [9.17, 15) is 4.79 Å². The molecule has 5 aromatic rings. The summed E-state index contributed by atoms with van der Waals surface area (Å²) >= 11 is 0. The molecule has 1 aliphatic heterocycles. The Balaban J connectivity index is 1.26. The molecule has 6 nitrogen and oxygen atoms in total. The van der Waals surface area contributed by atoms with Gasteiger partial charge >= 0.3 is 0 Å². The number of carbonyl (C=O) groups is 1. The van der Waals surface area contributed by atoms with Crippen LogP contribution in [0.1, 0.15) is 40.6 Å². The van der Waals surface area contributed by atoms with E-state index in [0.717, 1.165) is 35.1 Å². The summed E-state index contributed by atoms with van der Waals surface area (Å²) in [6.45, 7) is 3.01. The van der Waals surface area contributed by atoms with Crippen molar-refractivity contribution in [2.24, 2.45) is 7.05 Å². The van der Waals surface area contributed by atoms with Crippen molar-refractivity contribution in [2.45, 2.75) is 18.4 Å². The fourth-order valence-electron chi connectivity index (χ4n) is 6.51. The lowest BCUT2D eigenvalue weighted by atomic mass is 9.87. The summed E-state index contributed by atoms with van der Waals surface area (Å²) in [5, 5.41) is 1.16. The van der Waals surface area contributed by atoms with Crippen LogP contribution in [-0.2, 0) is 11.8 Å². The van der Waals surface area contributed by atoms with Gasteiger partial charge in [-0.25, -0.2) is 0 Å². The number of piperazine rings is 1. The number of ether oxygens (including phenoxy) is 2. The van der Waals surface area contributed by atoms with Gasteiger partial charge in [0.05, 0.1) is 20.3 Å². The first kappa shape index (κ1) is 28.6. The van der Waals surface area contributed by atoms with Gasteiger partial charge in [0.25, 0.3) is 0 Å². The molecular formula is C37H39N3O3. The first-order valence-corrected chi connectivity index (χ1v) is 14.9. The van der Waals surface area contributed by atoms with Crippen molar-refractivity contribution in [1.82, 2.24) is 14.4 Å². The molecular weight excluding hydrogens is 534 g/mol. The lowest BCUT2D eigenvalue weighted by Crippen LogP contribution is -2.50. The maximum absolute atomic E-state index is 14.1. The second kappa shape index (κ2) is 12.8. The standard InChI is InChI=1S/C37H39N3O3/c1-38-26-34(32-16-10-11-17-35(32)38)33(29-22-30(42-2)24-31(23-29)43-3)25-36(41)39-18-20-40(21-19-39)37(27-12-6-4-7-13-27)28-14-8-5-9-15-28/h4-17,22-24,26,33,37H,18-21,25H2,1-3H3. The first-order chi connectivity index (χ1) is 21.1. The molecule has 0 bridgehead atoms. The van der Waals surface area contributed by atoms with Crippen LogP contribution in [0.2, 0.25) is 0 Å². The maximum Gasteiger partial charge on any atom is 0.223 e. The largest absolute Gasteiger partial charge is 0.497 e. The number of hydrogen-bond acceptors (Lipinski definition) is 4. The molecule has 6 rings (SSSR count). The van der Waals surface area contributed by atoms with Crippen molar-refractivity contribution in [3.05, 3.63) is 132 Å². The Morgan fingerprint density at radius 2 is 1.28 bits per heavy atom. The second-order valence-electron chi connectivity index (χ2n) is 11.3. The minimum Gasteiger partial charge on any atom is -0.497 e. The van der Waals surface area contributed by atoms with Crippen molar-refractivity contribution in [2.75, 3.05) is 40.4 Å². The minimum absolute atomic E-state index is 0.151. The van der Waals surface area contributed by atoms with Gasteiger partial charge in [0.1, 0.15) is 11.5 Å². The third kappa shape index (κ3) is 6.02. The molecule has 1 atom stereocenters. The lowest BCUT2D eigenvalue weighted by molar-refractivity contribution is -0.133. The van der Waals surface area contributed by atoms with Crippen molar-refractivity contribution >= 4 is 16.8 Å². The molecule has 1 saturated heterocycles. The highest BCUT2D eigenvalue weighted by atomic mass is 16.5. The maximum atomic E-state index is 14.1. The topological polar surface area (TPSA) is 46.9 Å². The van der Waals surface area contributed by atoms with Crippen molar-refractivity contribution in [3.63, 3.8) is 0 Å². The number of carbonyl (C=O) groups excluding carboxylic acids is 1. The summed E-state index contributed by atoms with van der Waals surface area (Å²) in [5.41, 5.74) is 5.83. The summed E-state index contributed by atoms with van der Waals surface area (Å²) < 4.78 is 13.4. The van der Waals surface area contributed by atoms with E-state index in [4.69, 9.17) is 9.47 Å². The second-order valence-corrected chi connectivity index (χ2v) is 11.3. The molecule has 4 aromatic carbocycles. The van der Waals surface area contributed by atoms with Crippen LogP contribution in [0.4, 0.5) is 0 Å². The van der Waals surface area contributed by atoms with Gasteiger partial charge in [0.2, 0.25) is 5.91 Å². The summed E-state index contributed by atoms with van der Waals surface area (Å²) in [5.74, 6) is 1.44. The van der Waals surface area contributed by atoms with Gasteiger partial charge in [-0.2, -0.15) is 0 Å². The molecule has 0 N–H and O–H groups in total. The Kier molecular flexibility index (Phi) is 8.47. The van der Waals surface area contributed by atoms with Gasteiger partial charge in [-0.05, 0) is 40.5 Å². The molecule has 0 aliphatic carbocycles. The van der Waals surface area contributed by atoms with Crippen LogP contribution in [-0.4, -0.2) is 60.7 Å². The van der Waals surface area contributed by atoms with Crippen LogP contribution in [0.3, 0.4) is 0 Å². The molecule has 1 amide bonds. The number of rotatable bonds is 9. The van der Waals surface area contributed by atoms with Gasteiger partial charge < -0.3 is 18.9 Å². The number of methoxy groups -OCH3 is 2. The van der Waals surface area contributed by atoms with E-state index >= 15 is 0 Å². The van der Waals surface area contributed by atoms with E-state index in [1.165, 1.54) is 11.1 Å². The monoisotopic (exact) mass is 573 g/mol. The molecule has 0 spiro atoms. The Labute approximate surface area is 254 Å². The third-order valence-electron chi connectivity index (χ3n) is 8.72. The highest BCUT2D eigenvalue weighted by Gasteiger charge is 2.31. The van der Waals surface area contributed by atoms with Crippen LogP contribution in [0.15, 0.2) is 109 Å². The summed E-state index contributed by atoms with van der Waals surface area (Å²) in [4.78, 5) is 18.6. The van der Waals surface area contributed by atoms with Crippen molar-refractivity contribution < 1.29 is 14.3 Å². The predicted molar refractivity (Wildman–Crippen MR) is 172 cm³/mol. The van der Waals surface area contributed by atoms with Crippen LogP contribution < -0.4 is 9.47 Å². The quantitative estimate of drug-likeness (QED) is 0.198. The molecule has 1 aromatic heterocycles. The van der Waals surface area contributed by atoms with Crippen LogP contribution in [0.5, 0.6) is 11.5 Å². The van der Waals surface area contributed by atoms with Crippen LogP contribution in [0.25, 0.3) is 10.9 Å². The van der Waals surface area contributed by atoms with E-state index in [-0.39, 0.29) is 17.9 Å². The zero-order valence-corrected chi connectivity index (χ0v) is 25.1. The van der Waals surface area contributed by atoms with Gasteiger partial charge in [0, 0.05) is 68.7 Å². The number of aromatic nitrogens is 1. The first-order valence-electron chi connectivity index (χ1n) is 14.9. The number of aryl methyl sites for hydroxylation is 1. The highest BCUT2D eigenvalue weighted by Crippen LogP contribution is 2.38. The SMILES string of the molecule is COc1cc(OC)cc(C(CC(=O)N2CCN(C(c3ccccc3)c3ccccc3)CC2)c2cn(C)c3ccccc23)c1. The number of benzene rings is 4. The molecule has 2 heterocycles. The van der Waals surface area contributed by atoms with Gasteiger partial charge in [-0.15, -0.1) is 0 Å². The summed E-state index contributed by atoms with van der Waals surface area (Å²) in [7, 11) is 5.38. The molecule has 6 heteroatoms. The van der Waals surface area contributed by atoms with E-state index in [1.54, 1.807) is 14.2 Å². The number of fused-ring (bicyclic) bond motifs is 1. The Hall–Kier alpha value is -4.55. The molecule has 220 valence electrons. The fraction of sp³-hybridized carbons (Fsp3) is 0.270. The highest BCUT2D eigenvalue weighted by molar-refractivity contribution is 5.86.